The van der Waals surface area contributed by atoms with Gasteiger partial charge in [-0.1, -0.05) is 103 Å². The molecule has 0 aromatic heterocycles. The first kappa shape index (κ1) is 52.0. The molecule has 8 N–H and O–H groups in total. The summed E-state index contributed by atoms with van der Waals surface area (Å²) in [4.78, 5) is 41.0. The Hall–Kier alpha value is -4.32. The van der Waals surface area contributed by atoms with Gasteiger partial charge in [-0.2, -0.15) is 0 Å². The Morgan fingerprint density at radius 3 is 1.85 bits per heavy atom. The van der Waals surface area contributed by atoms with Crippen molar-refractivity contribution in [1.29, 1.82) is 0 Å². The largest absolute Gasteiger partial charge is 0.399 e. The molecular formula is C41H63N5O4S2. The number of nitrogens with one attached hydrogen (secondary N) is 2. The predicted octanol–water partition coefficient (Wildman–Crippen LogP) is 8.76. The molecule has 0 heterocycles. The number of amides is 2. The van der Waals surface area contributed by atoms with E-state index in [4.69, 9.17) is 17.2 Å². The lowest BCUT2D eigenvalue weighted by atomic mass is 10.1. The topological polar surface area (TPSA) is 170 Å². The van der Waals surface area contributed by atoms with Gasteiger partial charge in [0.25, 0.3) is 0 Å². The number of ketones is 2. The maximum atomic E-state index is 11.0. The lowest BCUT2D eigenvalue weighted by Gasteiger charge is -2.01. The number of primary amides is 1. The number of Topliss-reactive ketones (excluding diaryl/α,β-unsaturated/α-hetero) is 2. The minimum Gasteiger partial charge on any atom is -0.399 e. The predicted molar refractivity (Wildman–Crippen MR) is 231 cm³/mol. The molecule has 0 aliphatic rings. The number of anilines is 2. The summed E-state index contributed by atoms with van der Waals surface area (Å²) < 4.78 is 0. The zero-order chi connectivity index (χ0) is 40.0. The van der Waals surface area contributed by atoms with Gasteiger partial charge in [-0.05, 0) is 93.3 Å². The lowest BCUT2D eigenvalue weighted by molar-refractivity contribution is -0.118. The molecule has 2 aromatic carbocycles. The quantitative estimate of drug-likeness (QED) is 0.0432. The fourth-order valence-corrected chi connectivity index (χ4v) is 5.09. The van der Waals surface area contributed by atoms with Crippen LogP contribution >= 0.6 is 21.6 Å². The molecule has 0 radical (unpaired) electrons. The van der Waals surface area contributed by atoms with Crippen LogP contribution in [0.5, 0.6) is 0 Å². The molecule has 288 valence electrons. The van der Waals surface area contributed by atoms with Gasteiger partial charge < -0.3 is 37.4 Å². The van der Waals surface area contributed by atoms with E-state index in [1.165, 1.54) is 32.9 Å². The van der Waals surface area contributed by atoms with Crippen LogP contribution in [0.25, 0.3) is 12.2 Å². The van der Waals surface area contributed by atoms with Crippen molar-refractivity contribution in [3.05, 3.63) is 109 Å². The summed E-state index contributed by atoms with van der Waals surface area (Å²) >= 11 is 0. The van der Waals surface area contributed by atoms with Crippen LogP contribution in [0.2, 0.25) is 0 Å². The standard InChI is InChI=1S/C21H26N2O2.C8H9N.C5H13NS2.C4H9NO.C3H6O/c1-17(7-4-5-15-22-16-6-8-18(2)24)9-10-20-11-13-21(14-12-20)23-19(3)25;1-2-7-3-5-8(9)6-4-7;1-2-4-7-8-5-3-6;1-2-3-4(5)6;1-3(2)4/h4-5,7,9-15,22H,1,6,8,16H2,2-3H3,(H,23,25);2-6H,1,9H2;2-6H2,1H3;2-3H2,1H3,(H2,5,6);1-2H3/b7-4-,10-9+,15-5-;;;;. The number of rotatable bonds is 18. The lowest BCUT2D eigenvalue weighted by Crippen LogP contribution is -2.08. The Morgan fingerprint density at radius 2 is 1.38 bits per heavy atom. The average molecular weight is 754 g/mol. The highest BCUT2D eigenvalue weighted by molar-refractivity contribution is 8.76. The van der Waals surface area contributed by atoms with Crippen LogP contribution in [-0.2, 0) is 19.2 Å². The molecule has 0 aliphatic heterocycles. The van der Waals surface area contributed by atoms with E-state index in [0.717, 1.165) is 59.8 Å². The van der Waals surface area contributed by atoms with Crippen molar-refractivity contribution in [2.45, 2.75) is 73.6 Å². The van der Waals surface area contributed by atoms with Crippen molar-refractivity contribution >= 4 is 68.5 Å². The molecule has 52 heavy (non-hydrogen) atoms. The van der Waals surface area contributed by atoms with Crippen LogP contribution in [0, 0.1) is 0 Å². The molecule has 2 amide bonds. The number of hydrogen-bond acceptors (Lipinski definition) is 9. The third-order valence-electron chi connectivity index (χ3n) is 5.45. The summed E-state index contributed by atoms with van der Waals surface area (Å²) in [5, 5.41) is 5.86. The first-order valence-corrected chi connectivity index (χ1v) is 19.7. The number of carbonyl (C=O) groups excluding carboxylic acids is 4. The SMILES string of the molecule is C=C(/C=C\C=C/NCCCC(C)=O)/C=C/c1ccc(NC(C)=O)cc1.C=Cc1ccc(N)cc1.CC(C)=O.CCCC(N)=O.CCCSSCCN. The highest BCUT2D eigenvalue weighted by Gasteiger charge is 1.94. The van der Waals surface area contributed by atoms with Gasteiger partial charge >= 0.3 is 0 Å². The average Bonchev–Trinajstić information content (AvgIpc) is 3.08. The zero-order valence-corrected chi connectivity index (χ0v) is 33.8. The first-order chi connectivity index (χ1) is 24.7. The minimum atomic E-state index is -0.211. The molecule has 0 fully saturated rings. The number of benzene rings is 2. The molecule has 0 saturated carbocycles. The summed E-state index contributed by atoms with van der Waals surface area (Å²) in [7, 11) is 3.78. The monoisotopic (exact) mass is 753 g/mol. The Kier molecular flexibility index (Phi) is 38.0. The third kappa shape index (κ3) is 43.7. The van der Waals surface area contributed by atoms with Gasteiger partial charge in [0.15, 0.2) is 0 Å². The molecule has 11 heteroatoms. The first-order valence-electron chi connectivity index (χ1n) is 17.2. The molecule has 0 spiro atoms. The highest BCUT2D eigenvalue weighted by atomic mass is 33.1. The second-order valence-electron chi connectivity index (χ2n) is 11.1. The Bertz CT molecular complexity index is 1350. The summed E-state index contributed by atoms with van der Waals surface area (Å²) in [6.07, 6.45) is 17.4. The van der Waals surface area contributed by atoms with E-state index in [2.05, 4.69) is 30.7 Å². The van der Waals surface area contributed by atoms with Crippen LogP contribution < -0.4 is 27.8 Å². The second-order valence-corrected chi connectivity index (χ2v) is 13.8. The van der Waals surface area contributed by atoms with Crippen LogP contribution in [0.4, 0.5) is 11.4 Å². The van der Waals surface area contributed by atoms with Crippen molar-refractivity contribution in [2.75, 3.05) is 35.6 Å². The summed E-state index contributed by atoms with van der Waals surface area (Å²) in [5.74, 6) is 2.44. The van der Waals surface area contributed by atoms with Crippen LogP contribution in [0.3, 0.4) is 0 Å². The highest BCUT2D eigenvalue weighted by Crippen LogP contribution is 2.20. The smallest absolute Gasteiger partial charge is 0.221 e. The number of nitrogens with two attached hydrogens (primary N) is 3. The summed E-state index contributed by atoms with van der Waals surface area (Å²) in [6, 6.07) is 15.2. The van der Waals surface area contributed by atoms with Gasteiger partial charge in [0.2, 0.25) is 11.8 Å². The van der Waals surface area contributed by atoms with E-state index in [1.807, 2.05) is 114 Å². The van der Waals surface area contributed by atoms with Gasteiger partial charge in [-0.3, -0.25) is 9.59 Å². The molecule has 0 aliphatic carbocycles. The summed E-state index contributed by atoms with van der Waals surface area (Å²) in [5.41, 5.74) is 20.1. The fraction of sp³-hybridized carbons (Fsp3) is 0.366. The minimum absolute atomic E-state index is 0.0804. The molecule has 2 rings (SSSR count). The van der Waals surface area contributed by atoms with E-state index in [0.29, 0.717) is 12.8 Å². The number of hydrogen-bond donors (Lipinski definition) is 5. The van der Waals surface area contributed by atoms with Crippen molar-refractivity contribution in [3.63, 3.8) is 0 Å². The molecule has 0 atom stereocenters. The van der Waals surface area contributed by atoms with Crippen LogP contribution in [0.1, 0.15) is 84.8 Å². The molecular weight excluding hydrogens is 691 g/mol. The number of allylic oxidation sites excluding steroid dienone is 5. The second kappa shape index (κ2) is 37.9. The van der Waals surface area contributed by atoms with Gasteiger partial charge in [-0.25, -0.2) is 0 Å². The molecule has 9 nitrogen and oxygen atoms in total. The van der Waals surface area contributed by atoms with E-state index < -0.39 is 0 Å². The molecule has 0 saturated heterocycles. The van der Waals surface area contributed by atoms with Crippen LogP contribution in [0.15, 0.2) is 97.8 Å². The maximum absolute atomic E-state index is 11.0. The van der Waals surface area contributed by atoms with E-state index >= 15 is 0 Å². The maximum Gasteiger partial charge on any atom is 0.221 e. The Balaban J connectivity index is -0.000000718. The number of carbonyl (C=O) groups is 4. The number of nitrogen functional groups attached to an aromatic ring is 1. The van der Waals surface area contributed by atoms with Crippen LogP contribution in [-0.4, -0.2) is 48.0 Å². The zero-order valence-electron chi connectivity index (χ0n) is 32.1. The van der Waals surface area contributed by atoms with E-state index in [-0.39, 0.29) is 23.4 Å². The Labute approximate surface area is 321 Å². The van der Waals surface area contributed by atoms with Gasteiger partial charge in [-0.15, -0.1) is 0 Å². The van der Waals surface area contributed by atoms with Crippen molar-refractivity contribution in [2.24, 2.45) is 11.5 Å². The van der Waals surface area contributed by atoms with Gasteiger partial charge in [0.05, 0.1) is 0 Å². The van der Waals surface area contributed by atoms with Gasteiger partial charge in [0, 0.05) is 55.7 Å². The molecule has 0 bridgehead atoms. The molecule has 2 aromatic rings. The van der Waals surface area contributed by atoms with E-state index in [9.17, 15) is 19.2 Å². The van der Waals surface area contributed by atoms with Gasteiger partial charge in [0.1, 0.15) is 11.6 Å². The fourth-order valence-electron chi connectivity index (χ4n) is 3.09. The third-order valence-corrected chi connectivity index (χ3v) is 8.09. The summed E-state index contributed by atoms with van der Waals surface area (Å²) in [6.45, 7) is 19.4. The van der Waals surface area contributed by atoms with Crippen molar-refractivity contribution in [3.8, 4) is 0 Å². The van der Waals surface area contributed by atoms with Crippen molar-refractivity contribution < 1.29 is 19.2 Å². The Morgan fingerprint density at radius 1 is 0.808 bits per heavy atom. The normalized spacial score (nSPS) is 9.90. The van der Waals surface area contributed by atoms with E-state index in [1.54, 1.807) is 13.0 Å². The van der Waals surface area contributed by atoms with Crippen molar-refractivity contribution in [1.82, 2.24) is 5.32 Å². The molecule has 0 unspecified atom stereocenters.